The Morgan fingerprint density at radius 1 is 1.26 bits per heavy atom. The average molecular weight is 396 g/mol. The van der Waals surface area contributed by atoms with Crippen LogP contribution in [-0.2, 0) is 25.3 Å². The van der Waals surface area contributed by atoms with E-state index >= 15 is 0 Å². The average Bonchev–Trinajstić information content (AvgIpc) is 2.82. The summed E-state index contributed by atoms with van der Waals surface area (Å²) in [5.41, 5.74) is 1.06. The van der Waals surface area contributed by atoms with Gasteiger partial charge < -0.3 is 24.3 Å². The van der Waals surface area contributed by atoms with Crippen molar-refractivity contribution in [1.82, 2.24) is 5.32 Å². The van der Waals surface area contributed by atoms with Gasteiger partial charge in [-0.1, -0.05) is 51.1 Å². The molecule has 2 N–H and O–H groups in total. The van der Waals surface area contributed by atoms with Crippen molar-refractivity contribution in [2.75, 3.05) is 6.61 Å². The van der Waals surface area contributed by atoms with Crippen molar-refractivity contribution in [1.29, 1.82) is 0 Å². The number of benzene rings is 1. The molecule has 1 aliphatic heterocycles. The third-order valence-electron chi connectivity index (χ3n) is 5.35. The first-order valence-electron chi connectivity index (χ1n) is 9.41. The summed E-state index contributed by atoms with van der Waals surface area (Å²) in [6.45, 7) is 12.8. The summed E-state index contributed by atoms with van der Waals surface area (Å²) in [7, 11) is -2.15. The lowest BCUT2D eigenvalue weighted by Crippen LogP contribution is -2.54. The van der Waals surface area contributed by atoms with Crippen molar-refractivity contribution in [2.24, 2.45) is 0 Å². The SMILES string of the molecule is CC(=O)N[C@@H]1C(O[Si](C)(C)C(C)(C)C)[C@@H](O)O[C@@H]1COCc1ccccc1. The molecule has 1 aromatic carbocycles. The number of carbonyl (C=O) groups excluding carboxylic acids is 1. The van der Waals surface area contributed by atoms with Crippen LogP contribution in [0.3, 0.4) is 0 Å². The molecule has 2 rings (SSSR count). The molecule has 0 radical (unpaired) electrons. The Kier molecular flexibility index (Phi) is 7.21. The van der Waals surface area contributed by atoms with Gasteiger partial charge in [0.25, 0.3) is 0 Å². The summed E-state index contributed by atoms with van der Waals surface area (Å²) in [6, 6.07) is 9.38. The van der Waals surface area contributed by atoms with E-state index in [2.05, 4.69) is 39.2 Å². The number of carbonyl (C=O) groups is 1. The molecule has 1 fully saturated rings. The van der Waals surface area contributed by atoms with Crippen LogP contribution >= 0.6 is 0 Å². The zero-order chi connectivity index (χ0) is 20.2. The summed E-state index contributed by atoms with van der Waals surface area (Å²) in [5, 5.41) is 13.3. The van der Waals surface area contributed by atoms with Crippen LogP contribution < -0.4 is 5.32 Å². The van der Waals surface area contributed by atoms with Crippen LogP contribution in [0.25, 0.3) is 0 Å². The fraction of sp³-hybridized carbons (Fsp3) is 0.650. The molecule has 1 unspecified atom stereocenters. The smallest absolute Gasteiger partial charge is 0.217 e. The maximum absolute atomic E-state index is 11.7. The molecule has 6 nitrogen and oxygen atoms in total. The molecule has 1 aliphatic rings. The summed E-state index contributed by atoms with van der Waals surface area (Å²) >= 11 is 0. The van der Waals surface area contributed by atoms with Gasteiger partial charge in [-0.25, -0.2) is 0 Å². The second kappa shape index (κ2) is 8.83. The Morgan fingerprint density at radius 2 is 1.89 bits per heavy atom. The molecule has 0 aromatic heterocycles. The van der Waals surface area contributed by atoms with Crippen LogP contribution in [0.5, 0.6) is 0 Å². The van der Waals surface area contributed by atoms with Gasteiger partial charge in [0.2, 0.25) is 5.91 Å². The molecule has 1 heterocycles. The minimum Gasteiger partial charge on any atom is -0.407 e. The van der Waals surface area contributed by atoms with Gasteiger partial charge in [-0.05, 0) is 23.7 Å². The van der Waals surface area contributed by atoms with Crippen LogP contribution in [0.4, 0.5) is 0 Å². The topological polar surface area (TPSA) is 77.0 Å². The quantitative estimate of drug-likeness (QED) is 0.694. The Balaban J connectivity index is 2.05. The maximum atomic E-state index is 11.7. The Hall–Kier alpha value is -1.25. The van der Waals surface area contributed by atoms with Gasteiger partial charge >= 0.3 is 0 Å². The molecule has 7 heteroatoms. The fourth-order valence-electron chi connectivity index (χ4n) is 2.80. The van der Waals surface area contributed by atoms with Crippen molar-refractivity contribution < 1.29 is 23.8 Å². The number of rotatable bonds is 7. The van der Waals surface area contributed by atoms with Crippen LogP contribution in [-0.4, -0.2) is 50.5 Å². The van der Waals surface area contributed by atoms with Crippen LogP contribution in [0, 0.1) is 0 Å². The lowest BCUT2D eigenvalue weighted by atomic mass is 10.1. The number of ether oxygens (including phenoxy) is 2. The second-order valence-electron chi connectivity index (χ2n) is 8.63. The highest BCUT2D eigenvalue weighted by atomic mass is 28.4. The van der Waals surface area contributed by atoms with E-state index in [9.17, 15) is 9.90 Å². The third-order valence-corrected chi connectivity index (χ3v) is 9.82. The zero-order valence-corrected chi connectivity index (χ0v) is 18.2. The molecule has 0 aliphatic carbocycles. The summed E-state index contributed by atoms with van der Waals surface area (Å²) in [5.74, 6) is -0.186. The lowest BCUT2D eigenvalue weighted by Gasteiger charge is -2.40. The van der Waals surface area contributed by atoms with Crippen LogP contribution in [0.15, 0.2) is 30.3 Å². The van der Waals surface area contributed by atoms with Crippen molar-refractivity contribution in [3.8, 4) is 0 Å². The highest BCUT2D eigenvalue weighted by Gasteiger charge is 2.50. The predicted octanol–water partition coefficient (Wildman–Crippen LogP) is 2.82. The lowest BCUT2D eigenvalue weighted by molar-refractivity contribution is -0.135. The summed E-state index contributed by atoms with van der Waals surface area (Å²) < 4.78 is 17.9. The van der Waals surface area contributed by atoms with Gasteiger partial charge in [-0.2, -0.15) is 0 Å². The van der Waals surface area contributed by atoms with E-state index in [1.54, 1.807) is 0 Å². The molecule has 0 spiro atoms. The number of aliphatic hydroxyl groups excluding tert-OH is 1. The second-order valence-corrected chi connectivity index (χ2v) is 13.4. The van der Waals surface area contributed by atoms with E-state index in [4.69, 9.17) is 13.9 Å². The molecular weight excluding hydrogens is 362 g/mol. The maximum Gasteiger partial charge on any atom is 0.217 e. The Bertz CT molecular complexity index is 617. The molecule has 1 saturated heterocycles. The third kappa shape index (κ3) is 5.86. The first-order chi connectivity index (χ1) is 12.5. The van der Waals surface area contributed by atoms with E-state index in [0.29, 0.717) is 6.61 Å². The molecule has 4 atom stereocenters. The van der Waals surface area contributed by atoms with Crippen LogP contribution in [0.1, 0.15) is 33.3 Å². The largest absolute Gasteiger partial charge is 0.407 e. The standard InChI is InChI=1S/C20H33NO5Si/c1-14(22)21-17-16(13-24-12-15-10-8-7-9-11-15)25-19(23)18(17)26-27(5,6)20(2,3)4/h7-11,16-19,23H,12-13H2,1-6H3,(H,21,22)/t16-,17+,18?,19+/m1/s1. The van der Waals surface area contributed by atoms with Crippen LogP contribution in [0.2, 0.25) is 18.1 Å². The van der Waals surface area contributed by atoms with E-state index < -0.39 is 32.9 Å². The molecule has 1 aromatic rings. The van der Waals surface area contributed by atoms with E-state index in [1.165, 1.54) is 6.92 Å². The summed E-state index contributed by atoms with van der Waals surface area (Å²) in [6.07, 6.45) is -2.18. The first kappa shape index (κ1) is 22.0. The Labute approximate surface area is 163 Å². The van der Waals surface area contributed by atoms with E-state index in [0.717, 1.165) is 5.56 Å². The number of amides is 1. The fourth-order valence-corrected chi connectivity index (χ4v) is 4.10. The highest BCUT2D eigenvalue weighted by Crippen LogP contribution is 2.39. The van der Waals surface area contributed by atoms with Crippen molar-refractivity contribution in [2.45, 2.75) is 77.0 Å². The molecule has 152 valence electrons. The number of aliphatic hydroxyl groups is 1. The van der Waals surface area contributed by atoms with Crippen molar-refractivity contribution in [3.63, 3.8) is 0 Å². The Morgan fingerprint density at radius 3 is 2.44 bits per heavy atom. The van der Waals surface area contributed by atoms with Crippen molar-refractivity contribution >= 4 is 14.2 Å². The van der Waals surface area contributed by atoms with Gasteiger partial charge in [0.05, 0.1) is 19.3 Å². The molecule has 1 amide bonds. The molecule has 0 bridgehead atoms. The molecule has 27 heavy (non-hydrogen) atoms. The van der Waals surface area contributed by atoms with Gasteiger partial charge in [-0.15, -0.1) is 0 Å². The monoisotopic (exact) mass is 395 g/mol. The van der Waals surface area contributed by atoms with E-state index in [-0.39, 0.29) is 17.6 Å². The van der Waals surface area contributed by atoms with Gasteiger partial charge in [0.1, 0.15) is 12.2 Å². The number of hydrogen-bond acceptors (Lipinski definition) is 5. The highest BCUT2D eigenvalue weighted by molar-refractivity contribution is 6.74. The first-order valence-corrected chi connectivity index (χ1v) is 12.3. The molecule has 0 saturated carbocycles. The minimum absolute atomic E-state index is 0.0185. The van der Waals surface area contributed by atoms with E-state index in [1.807, 2.05) is 30.3 Å². The number of hydrogen-bond donors (Lipinski definition) is 2. The predicted molar refractivity (Wildman–Crippen MR) is 107 cm³/mol. The zero-order valence-electron chi connectivity index (χ0n) is 17.2. The van der Waals surface area contributed by atoms with Gasteiger partial charge in [-0.3, -0.25) is 4.79 Å². The summed E-state index contributed by atoms with van der Waals surface area (Å²) in [4.78, 5) is 11.7. The molecular formula is C20H33NO5Si. The normalized spacial score (nSPS) is 26.2. The minimum atomic E-state index is -2.15. The number of nitrogens with one attached hydrogen (secondary N) is 1. The van der Waals surface area contributed by atoms with Gasteiger partial charge in [0, 0.05) is 6.92 Å². The van der Waals surface area contributed by atoms with Crippen molar-refractivity contribution in [3.05, 3.63) is 35.9 Å². The van der Waals surface area contributed by atoms with Gasteiger partial charge in [0.15, 0.2) is 14.6 Å².